The van der Waals surface area contributed by atoms with Crippen molar-refractivity contribution < 1.29 is 21.6 Å². The van der Waals surface area contributed by atoms with Crippen molar-refractivity contribution in [2.45, 2.75) is 24.2 Å². The highest BCUT2D eigenvalue weighted by atomic mass is 32.2. The third kappa shape index (κ3) is 3.61. The summed E-state index contributed by atoms with van der Waals surface area (Å²) < 4.78 is 66.2. The quantitative estimate of drug-likeness (QED) is 0.896. The first kappa shape index (κ1) is 17.2. The van der Waals surface area contributed by atoms with Gasteiger partial charge in [-0.25, -0.2) is 21.6 Å². The highest BCUT2D eigenvalue weighted by Gasteiger charge is 2.33. The zero-order chi connectivity index (χ0) is 16.3. The standard InChI is InChI=1S/C14H19F3N2O2S/c1-18-5-2-10-3-6-19(7-4-10)22(20,21)14-12(16)8-11(15)9-13(14)17/h8-10,18H,2-7H2,1H3. The molecular formula is C14H19F3N2O2S. The van der Waals surface area contributed by atoms with Gasteiger partial charge in [-0.1, -0.05) is 0 Å². The van der Waals surface area contributed by atoms with E-state index in [0.29, 0.717) is 30.9 Å². The van der Waals surface area contributed by atoms with E-state index in [0.717, 1.165) is 17.3 Å². The SMILES string of the molecule is CNCCC1CCN(S(=O)(=O)c2c(F)cc(F)cc2F)CC1. The average Bonchev–Trinajstić information content (AvgIpc) is 2.44. The lowest BCUT2D eigenvalue weighted by Gasteiger charge is -2.31. The second-order valence-electron chi connectivity index (χ2n) is 5.44. The summed E-state index contributed by atoms with van der Waals surface area (Å²) in [6, 6.07) is 0.769. The van der Waals surface area contributed by atoms with Gasteiger partial charge in [-0.3, -0.25) is 0 Å². The lowest BCUT2D eigenvalue weighted by Crippen LogP contribution is -2.39. The molecule has 1 saturated heterocycles. The Balaban J connectivity index is 2.16. The van der Waals surface area contributed by atoms with Crippen molar-refractivity contribution >= 4 is 10.0 Å². The Morgan fingerprint density at radius 1 is 1.18 bits per heavy atom. The normalized spacial score (nSPS) is 17.8. The first-order chi connectivity index (χ1) is 10.4. The van der Waals surface area contributed by atoms with Gasteiger partial charge >= 0.3 is 0 Å². The first-order valence-electron chi connectivity index (χ1n) is 7.15. The lowest BCUT2D eigenvalue weighted by molar-refractivity contribution is 0.261. The fourth-order valence-electron chi connectivity index (χ4n) is 2.69. The number of nitrogens with zero attached hydrogens (tertiary/aromatic N) is 1. The number of piperidine rings is 1. The monoisotopic (exact) mass is 336 g/mol. The fourth-order valence-corrected chi connectivity index (χ4v) is 4.25. The predicted molar refractivity (Wildman–Crippen MR) is 76.3 cm³/mol. The molecule has 0 spiro atoms. The molecule has 22 heavy (non-hydrogen) atoms. The van der Waals surface area contributed by atoms with Crippen LogP contribution in [0.5, 0.6) is 0 Å². The van der Waals surface area contributed by atoms with E-state index in [-0.39, 0.29) is 13.1 Å². The zero-order valence-electron chi connectivity index (χ0n) is 12.3. The summed E-state index contributed by atoms with van der Waals surface area (Å²) >= 11 is 0. The molecule has 1 aromatic carbocycles. The zero-order valence-corrected chi connectivity index (χ0v) is 13.1. The number of nitrogens with one attached hydrogen (secondary N) is 1. The molecule has 0 aromatic heterocycles. The van der Waals surface area contributed by atoms with E-state index in [2.05, 4.69) is 5.32 Å². The highest BCUT2D eigenvalue weighted by molar-refractivity contribution is 7.89. The fraction of sp³-hybridized carbons (Fsp3) is 0.571. The minimum Gasteiger partial charge on any atom is -0.320 e. The minimum absolute atomic E-state index is 0.215. The van der Waals surface area contributed by atoms with Crippen LogP contribution in [0.2, 0.25) is 0 Å². The molecule has 0 amide bonds. The van der Waals surface area contributed by atoms with Crippen molar-refractivity contribution in [1.29, 1.82) is 0 Å². The number of halogens is 3. The van der Waals surface area contributed by atoms with Gasteiger partial charge in [0.15, 0.2) is 4.90 Å². The van der Waals surface area contributed by atoms with Crippen molar-refractivity contribution in [2.24, 2.45) is 5.92 Å². The number of sulfonamides is 1. The molecule has 0 unspecified atom stereocenters. The summed E-state index contributed by atoms with van der Waals surface area (Å²) in [7, 11) is -2.44. The maximum Gasteiger partial charge on any atom is 0.248 e. The van der Waals surface area contributed by atoms with Crippen molar-refractivity contribution in [1.82, 2.24) is 9.62 Å². The summed E-state index contributed by atoms with van der Waals surface area (Å²) in [5, 5.41) is 3.04. The number of rotatable bonds is 5. The predicted octanol–water partition coefficient (Wildman–Crippen LogP) is 2.11. The van der Waals surface area contributed by atoms with Gasteiger partial charge in [0.05, 0.1) is 0 Å². The Kier molecular flexibility index (Phi) is 5.46. The van der Waals surface area contributed by atoms with Crippen LogP contribution in [0, 0.1) is 23.4 Å². The van der Waals surface area contributed by atoms with Crippen LogP contribution in [0.4, 0.5) is 13.2 Å². The van der Waals surface area contributed by atoms with Gasteiger partial charge in [-0.2, -0.15) is 4.31 Å². The molecule has 0 radical (unpaired) electrons. The smallest absolute Gasteiger partial charge is 0.248 e. The molecule has 124 valence electrons. The molecule has 1 aromatic rings. The van der Waals surface area contributed by atoms with Crippen LogP contribution in [0.15, 0.2) is 17.0 Å². The summed E-state index contributed by atoms with van der Waals surface area (Å²) in [4.78, 5) is -1.07. The molecule has 1 aliphatic rings. The molecule has 1 fully saturated rings. The van der Waals surface area contributed by atoms with E-state index in [4.69, 9.17) is 0 Å². The molecule has 1 N–H and O–H groups in total. The molecule has 4 nitrogen and oxygen atoms in total. The van der Waals surface area contributed by atoms with Crippen molar-refractivity contribution in [3.8, 4) is 0 Å². The van der Waals surface area contributed by atoms with Gasteiger partial charge in [0.1, 0.15) is 17.5 Å². The van der Waals surface area contributed by atoms with Crippen LogP contribution in [-0.4, -0.2) is 39.4 Å². The van der Waals surface area contributed by atoms with E-state index < -0.39 is 32.4 Å². The summed E-state index contributed by atoms with van der Waals surface area (Å²) in [5.74, 6) is -3.54. The Labute approximate surface area is 128 Å². The first-order valence-corrected chi connectivity index (χ1v) is 8.59. The number of benzene rings is 1. The van der Waals surface area contributed by atoms with Crippen LogP contribution < -0.4 is 5.32 Å². The van der Waals surface area contributed by atoms with Crippen molar-refractivity contribution in [2.75, 3.05) is 26.7 Å². The Morgan fingerprint density at radius 3 is 2.23 bits per heavy atom. The van der Waals surface area contributed by atoms with E-state index in [1.54, 1.807) is 0 Å². The molecule has 8 heteroatoms. The molecule has 2 rings (SSSR count). The molecule has 1 heterocycles. The van der Waals surface area contributed by atoms with E-state index in [1.165, 1.54) is 0 Å². The Morgan fingerprint density at radius 2 is 1.73 bits per heavy atom. The highest BCUT2D eigenvalue weighted by Crippen LogP contribution is 2.28. The van der Waals surface area contributed by atoms with Crippen molar-refractivity contribution in [3.63, 3.8) is 0 Å². The molecule has 0 aliphatic carbocycles. The largest absolute Gasteiger partial charge is 0.320 e. The number of hydrogen-bond donors (Lipinski definition) is 1. The van der Waals surface area contributed by atoms with E-state index >= 15 is 0 Å². The summed E-state index contributed by atoms with van der Waals surface area (Å²) in [6.07, 6.45) is 2.22. The number of hydrogen-bond acceptors (Lipinski definition) is 3. The van der Waals surface area contributed by atoms with Crippen LogP contribution in [0.3, 0.4) is 0 Å². The lowest BCUT2D eigenvalue weighted by atomic mass is 9.95. The minimum atomic E-state index is -4.28. The summed E-state index contributed by atoms with van der Waals surface area (Å²) in [5.41, 5.74) is 0. The maximum atomic E-state index is 13.7. The van der Waals surface area contributed by atoms with Crippen LogP contribution in [0.1, 0.15) is 19.3 Å². The van der Waals surface area contributed by atoms with Gasteiger partial charge in [-0.15, -0.1) is 0 Å². The topological polar surface area (TPSA) is 49.4 Å². The molecule has 0 saturated carbocycles. The Hall–Kier alpha value is -1.12. The Bertz CT molecular complexity index is 606. The van der Waals surface area contributed by atoms with Gasteiger partial charge in [0.25, 0.3) is 0 Å². The molecular weight excluding hydrogens is 317 g/mol. The van der Waals surface area contributed by atoms with Crippen molar-refractivity contribution in [3.05, 3.63) is 29.6 Å². The summed E-state index contributed by atoms with van der Waals surface area (Å²) in [6.45, 7) is 1.28. The second-order valence-corrected chi connectivity index (χ2v) is 7.31. The van der Waals surface area contributed by atoms with E-state index in [9.17, 15) is 21.6 Å². The second kappa shape index (κ2) is 6.97. The maximum absolute atomic E-state index is 13.7. The average molecular weight is 336 g/mol. The third-order valence-electron chi connectivity index (χ3n) is 3.94. The van der Waals surface area contributed by atoms with Crippen LogP contribution in [0.25, 0.3) is 0 Å². The van der Waals surface area contributed by atoms with Gasteiger partial charge in [0.2, 0.25) is 10.0 Å². The van der Waals surface area contributed by atoms with Gasteiger partial charge in [0, 0.05) is 25.2 Å². The van der Waals surface area contributed by atoms with E-state index in [1.807, 2.05) is 7.05 Å². The van der Waals surface area contributed by atoms with Gasteiger partial charge < -0.3 is 5.32 Å². The molecule has 1 aliphatic heterocycles. The van der Waals surface area contributed by atoms with Crippen LogP contribution in [-0.2, 0) is 10.0 Å². The van der Waals surface area contributed by atoms with Gasteiger partial charge in [-0.05, 0) is 38.8 Å². The van der Waals surface area contributed by atoms with Crippen LogP contribution >= 0.6 is 0 Å². The molecule has 0 bridgehead atoms. The molecule has 0 atom stereocenters. The third-order valence-corrected chi connectivity index (χ3v) is 5.89.